The van der Waals surface area contributed by atoms with E-state index < -0.39 is 0 Å². The summed E-state index contributed by atoms with van der Waals surface area (Å²) in [7, 11) is 1.66. The number of amidine groups is 1. The van der Waals surface area contributed by atoms with E-state index in [4.69, 9.17) is 9.73 Å². The number of rotatable bonds is 8. The van der Waals surface area contributed by atoms with Crippen molar-refractivity contribution in [3.05, 3.63) is 119 Å². The van der Waals surface area contributed by atoms with Gasteiger partial charge in [0, 0.05) is 24.1 Å². The van der Waals surface area contributed by atoms with Crippen LogP contribution < -0.4 is 4.74 Å². The molecule has 37 heavy (non-hydrogen) atoms. The predicted molar refractivity (Wildman–Crippen MR) is 153 cm³/mol. The number of benzene rings is 3. The summed E-state index contributed by atoms with van der Waals surface area (Å²) < 4.78 is 7.40. The molecule has 0 N–H and O–H groups in total. The monoisotopic (exact) mass is 507 g/mol. The minimum absolute atomic E-state index is 0.00240. The summed E-state index contributed by atoms with van der Waals surface area (Å²) in [5.41, 5.74) is 5.23. The highest BCUT2D eigenvalue weighted by Crippen LogP contribution is 2.35. The third-order valence-electron chi connectivity index (χ3n) is 6.24. The molecule has 186 valence electrons. The van der Waals surface area contributed by atoms with Gasteiger partial charge in [-0.1, -0.05) is 48.5 Å². The van der Waals surface area contributed by atoms with Gasteiger partial charge >= 0.3 is 0 Å². The van der Waals surface area contributed by atoms with Crippen molar-refractivity contribution in [1.29, 1.82) is 0 Å². The van der Waals surface area contributed by atoms with Gasteiger partial charge in [0.2, 0.25) is 0 Å². The van der Waals surface area contributed by atoms with Gasteiger partial charge in [-0.15, -0.1) is 0 Å². The molecule has 3 aromatic carbocycles. The molecular weight excluding hydrogens is 478 g/mol. The van der Waals surface area contributed by atoms with Crippen LogP contribution >= 0.6 is 11.8 Å². The molecule has 5 rings (SSSR count). The van der Waals surface area contributed by atoms with Crippen molar-refractivity contribution in [2.75, 3.05) is 13.7 Å². The number of hydrogen-bond acceptors (Lipinski definition) is 4. The first-order chi connectivity index (χ1) is 18.1. The van der Waals surface area contributed by atoms with Gasteiger partial charge in [0.1, 0.15) is 5.75 Å². The molecule has 0 radical (unpaired) electrons. The van der Waals surface area contributed by atoms with E-state index >= 15 is 0 Å². The topological polar surface area (TPSA) is 46.8 Å². The lowest BCUT2D eigenvalue weighted by atomic mass is 10.1. The molecule has 6 heteroatoms. The molecule has 1 amide bonds. The Kier molecular flexibility index (Phi) is 7.57. The lowest BCUT2D eigenvalue weighted by molar-refractivity contribution is -0.122. The Labute approximate surface area is 222 Å². The zero-order chi connectivity index (χ0) is 25.6. The van der Waals surface area contributed by atoms with Gasteiger partial charge in [0.15, 0.2) is 5.17 Å². The fourth-order valence-corrected chi connectivity index (χ4v) is 5.36. The van der Waals surface area contributed by atoms with E-state index in [1.807, 2.05) is 71.6 Å². The van der Waals surface area contributed by atoms with Crippen LogP contribution in [-0.4, -0.2) is 34.2 Å². The molecule has 0 atom stereocenters. The number of para-hydroxylation sites is 1. The molecule has 1 aromatic heterocycles. The number of ether oxygens (including phenoxy) is 1. The van der Waals surface area contributed by atoms with Crippen molar-refractivity contribution in [3.8, 4) is 11.4 Å². The molecule has 4 aromatic rings. The van der Waals surface area contributed by atoms with E-state index in [0.29, 0.717) is 11.4 Å². The number of methoxy groups -OCH3 is 1. The molecule has 0 bridgehead atoms. The van der Waals surface area contributed by atoms with Gasteiger partial charge in [-0.3, -0.25) is 9.69 Å². The van der Waals surface area contributed by atoms with Gasteiger partial charge in [0.05, 0.1) is 17.7 Å². The van der Waals surface area contributed by atoms with Crippen LogP contribution in [0.5, 0.6) is 5.75 Å². The van der Waals surface area contributed by atoms with E-state index in [9.17, 15) is 4.79 Å². The van der Waals surface area contributed by atoms with Crippen molar-refractivity contribution in [2.45, 2.75) is 19.8 Å². The van der Waals surface area contributed by atoms with E-state index in [1.54, 1.807) is 7.11 Å². The summed E-state index contributed by atoms with van der Waals surface area (Å²) in [5, 5.41) is 0.724. The van der Waals surface area contributed by atoms with Crippen LogP contribution in [0.1, 0.15) is 23.2 Å². The lowest BCUT2D eigenvalue weighted by Crippen LogP contribution is -2.30. The molecule has 0 unspecified atom stereocenters. The summed E-state index contributed by atoms with van der Waals surface area (Å²) in [6.45, 7) is 2.68. The number of carbonyl (C=O) groups is 1. The van der Waals surface area contributed by atoms with Crippen LogP contribution in [0.3, 0.4) is 0 Å². The molecule has 2 heterocycles. The Hall–Kier alpha value is -4.03. The van der Waals surface area contributed by atoms with Gasteiger partial charge < -0.3 is 9.30 Å². The van der Waals surface area contributed by atoms with Gasteiger partial charge in [0.25, 0.3) is 5.91 Å². The van der Waals surface area contributed by atoms with Crippen molar-refractivity contribution in [1.82, 2.24) is 9.47 Å². The molecule has 1 aliphatic rings. The number of amides is 1. The predicted octanol–water partition coefficient (Wildman–Crippen LogP) is 7.03. The number of aryl methyl sites for hydroxylation is 2. The Morgan fingerprint density at radius 3 is 2.35 bits per heavy atom. The van der Waals surface area contributed by atoms with Crippen LogP contribution in [0.4, 0.5) is 5.69 Å². The quantitative estimate of drug-likeness (QED) is 0.241. The normalized spacial score (nSPS) is 15.6. The average molecular weight is 508 g/mol. The minimum Gasteiger partial charge on any atom is -0.497 e. The highest BCUT2D eigenvalue weighted by atomic mass is 32.2. The lowest BCUT2D eigenvalue weighted by Gasteiger charge is -2.15. The third-order valence-corrected chi connectivity index (χ3v) is 7.25. The highest BCUT2D eigenvalue weighted by molar-refractivity contribution is 8.18. The minimum atomic E-state index is 0.00240. The fourth-order valence-electron chi connectivity index (χ4n) is 4.34. The molecule has 1 saturated heterocycles. The van der Waals surface area contributed by atoms with Crippen LogP contribution in [-0.2, 0) is 11.2 Å². The Morgan fingerprint density at radius 1 is 0.946 bits per heavy atom. The summed E-state index contributed by atoms with van der Waals surface area (Å²) in [5.74, 6) is 0.823. The smallest absolute Gasteiger partial charge is 0.266 e. The third kappa shape index (κ3) is 5.87. The second-order valence-corrected chi connectivity index (χ2v) is 9.88. The standard InChI is InChI=1S/C31H29N3O2S/c1-23-20-25(22-34(23)27-15-17-28(36-2)18-16-27)21-29-30(35)33(19-9-12-24-10-5-3-6-11-24)31(37-29)32-26-13-7-4-8-14-26/h3-8,10-11,13-18,20-22H,9,12,19H2,1-2H3/b29-21+,32-31?. The maximum Gasteiger partial charge on any atom is 0.266 e. The Balaban J connectivity index is 1.39. The maximum absolute atomic E-state index is 13.5. The molecular formula is C31H29N3O2S. The number of hydrogen-bond donors (Lipinski definition) is 0. The number of aliphatic imine (C=N–C) groups is 1. The second kappa shape index (κ2) is 11.4. The summed E-state index contributed by atoms with van der Waals surface area (Å²) in [4.78, 5) is 20.8. The van der Waals surface area contributed by atoms with Crippen LogP contribution in [0.15, 0.2) is 107 Å². The Morgan fingerprint density at radius 2 is 1.65 bits per heavy atom. The zero-order valence-corrected chi connectivity index (χ0v) is 21.8. The number of thioether (sulfide) groups is 1. The number of carbonyl (C=O) groups excluding carboxylic acids is 1. The van der Waals surface area contributed by atoms with Gasteiger partial charge in [-0.05, 0) is 91.2 Å². The van der Waals surface area contributed by atoms with E-state index in [2.05, 4.69) is 48.0 Å². The van der Waals surface area contributed by atoms with E-state index in [1.165, 1.54) is 17.3 Å². The fraction of sp³-hybridized carbons (Fsp3) is 0.161. The number of aromatic nitrogens is 1. The first kappa shape index (κ1) is 24.7. The van der Waals surface area contributed by atoms with Gasteiger partial charge in [-0.2, -0.15) is 0 Å². The Bertz CT molecular complexity index is 1420. The van der Waals surface area contributed by atoms with Crippen molar-refractivity contribution in [3.63, 3.8) is 0 Å². The summed E-state index contributed by atoms with van der Waals surface area (Å²) >= 11 is 1.44. The molecule has 1 aliphatic heterocycles. The second-order valence-electron chi connectivity index (χ2n) is 8.87. The van der Waals surface area contributed by atoms with Crippen LogP contribution in [0.25, 0.3) is 11.8 Å². The number of nitrogens with zero attached hydrogens (tertiary/aromatic N) is 3. The van der Waals surface area contributed by atoms with Crippen LogP contribution in [0.2, 0.25) is 0 Å². The van der Waals surface area contributed by atoms with E-state index in [-0.39, 0.29) is 5.91 Å². The van der Waals surface area contributed by atoms with Crippen molar-refractivity contribution >= 4 is 34.6 Å². The molecule has 0 saturated carbocycles. The van der Waals surface area contributed by atoms with Crippen molar-refractivity contribution in [2.24, 2.45) is 4.99 Å². The van der Waals surface area contributed by atoms with E-state index in [0.717, 1.165) is 46.4 Å². The average Bonchev–Trinajstić information content (AvgIpc) is 3.44. The first-order valence-electron chi connectivity index (χ1n) is 12.3. The van der Waals surface area contributed by atoms with Crippen LogP contribution in [0, 0.1) is 6.92 Å². The maximum atomic E-state index is 13.5. The molecule has 1 fully saturated rings. The van der Waals surface area contributed by atoms with Gasteiger partial charge in [-0.25, -0.2) is 4.99 Å². The highest BCUT2D eigenvalue weighted by Gasteiger charge is 2.33. The SMILES string of the molecule is COc1ccc(-n2cc(/C=C3/SC(=Nc4ccccc4)N(CCCc4ccccc4)C3=O)cc2C)cc1. The molecule has 0 aliphatic carbocycles. The molecule has 5 nitrogen and oxygen atoms in total. The zero-order valence-electron chi connectivity index (χ0n) is 21.0. The largest absolute Gasteiger partial charge is 0.497 e. The summed E-state index contributed by atoms with van der Waals surface area (Å²) in [6.07, 6.45) is 5.81. The first-order valence-corrected chi connectivity index (χ1v) is 13.1. The summed E-state index contributed by atoms with van der Waals surface area (Å²) in [6, 6.07) is 30.2. The molecule has 0 spiro atoms. The van der Waals surface area contributed by atoms with Crippen molar-refractivity contribution < 1.29 is 9.53 Å².